The molecule has 1 N–H and O–H groups in total. The summed E-state index contributed by atoms with van der Waals surface area (Å²) in [6.45, 7) is 8.05. The monoisotopic (exact) mass is 437 g/mol. The molecular formula is C23H27N5O4. The van der Waals surface area contributed by atoms with E-state index in [0.29, 0.717) is 24.4 Å². The van der Waals surface area contributed by atoms with Gasteiger partial charge in [-0.15, -0.1) is 0 Å². The standard InChI is InChI=1S/C23H27N5O4/c1-5-25-18-17(21(31)26(6-2)23(25)32)28-20(30)16(13-12-14(3)4)19(29)27(22(28)24-18)15-10-8-7-9-11-15/h7-11,14,30H,5-6,12-13H2,1-4H3. The number of rotatable bonds is 6. The Morgan fingerprint density at radius 1 is 0.969 bits per heavy atom. The summed E-state index contributed by atoms with van der Waals surface area (Å²) in [6, 6.07) is 8.96. The number of aryl methyl sites for hydroxylation is 1. The lowest BCUT2D eigenvalue weighted by Gasteiger charge is -2.14. The zero-order valence-electron chi connectivity index (χ0n) is 18.7. The van der Waals surface area contributed by atoms with Gasteiger partial charge in [0.2, 0.25) is 11.7 Å². The first kappa shape index (κ1) is 21.6. The number of imidazole rings is 1. The van der Waals surface area contributed by atoms with Gasteiger partial charge in [-0.05, 0) is 44.7 Å². The van der Waals surface area contributed by atoms with Crippen LogP contribution in [0, 0.1) is 5.92 Å². The molecule has 0 radical (unpaired) electrons. The van der Waals surface area contributed by atoms with E-state index in [0.717, 1.165) is 4.57 Å². The van der Waals surface area contributed by atoms with Gasteiger partial charge in [-0.2, -0.15) is 4.98 Å². The van der Waals surface area contributed by atoms with Crippen LogP contribution < -0.4 is 16.8 Å². The molecule has 0 bridgehead atoms. The summed E-state index contributed by atoms with van der Waals surface area (Å²) in [7, 11) is 0. The first-order valence-corrected chi connectivity index (χ1v) is 10.9. The summed E-state index contributed by atoms with van der Waals surface area (Å²) in [6.07, 6.45) is 1.04. The van der Waals surface area contributed by atoms with Gasteiger partial charge in [-0.1, -0.05) is 32.0 Å². The minimum Gasteiger partial charge on any atom is -0.494 e. The van der Waals surface area contributed by atoms with Gasteiger partial charge in [-0.25, -0.2) is 13.8 Å². The van der Waals surface area contributed by atoms with Gasteiger partial charge in [-0.3, -0.25) is 18.7 Å². The van der Waals surface area contributed by atoms with Gasteiger partial charge in [0, 0.05) is 13.1 Å². The Labute approximate surface area is 183 Å². The van der Waals surface area contributed by atoms with Crippen LogP contribution in [0.25, 0.3) is 22.6 Å². The summed E-state index contributed by atoms with van der Waals surface area (Å²) < 4.78 is 5.22. The van der Waals surface area contributed by atoms with Crippen molar-refractivity contribution in [3.8, 4) is 11.6 Å². The SMILES string of the molecule is CCn1c(=O)c2c(nc3n(-c4ccccc4)c(=O)c(CCC(C)C)c(O)n23)n(CC)c1=O. The molecule has 0 fully saturated rings. The van der Waals surface area contributed by atoms with E-state index in [1.54, 1.807) is 38.1 Å². The number of fused-ring (bicyclic) bond motifs is 3. The highest BCUT2D eigenvalue weighted by molar-refractivity contribution is 5.77. The molecule has 3 aromatic heterocycles. The quantitative estimate of drug-likeness (QED) is 0.499. The molecule has 0 amide bonds. The van der Waals surface area contributed by atoms with Crippen molar-refractivity contribution < 1.29 is 5.11 Å². The third kappa shape index (κ3) is 3.16. The predicted molar refractivity (Wildman–Crippen MR) is 123 cm³/mol. The zero-order valence-corrected chi connectivity index (χ0v) is 18.7. The summed E-state index contributed by atoms with van der Waals surface area (Å²) >= 11 is 0. The number of benzene rings is 1. The van der Waals surface area contributed by atoms with E-state index >= 15 is 0 Å². The Bertz CT molecular complexity index is 1490. The molecule has 0 spiro atoms. The Morgan fingerprint density at radius 3 is 2.22 bits per heavy atom. The second kappa shape index (κ2) is 8.14. The number of nitrogens with zero attached hydrogens (tertiary/aromatic N) is 5. The molecule has 0 aliphatic rings. The first-order chi connectivity index (χ1) is 15.3. The van der Waals surface area contributed by atoms with Gasteiger partial charge in [0.25, 0.3) is 11.1 Å². The summed E-state index contributed by atoms with van der Waals surface area (Å²) in [5.74, 6) is 0.104. The normalized spacial score (nSPS) is 11.8. The smallest absolute Gasteiger partial charge is 0.332 e. The molecule has 0 saturated heterocycles. The van der Waals surface area contributed by atoms with Crippen LogP contribution in [0.2, 0.25) is 0 Å². The van der Waals surface area contributed by atoms with Crippen molar-refractivity contribution in [2.24, 2.45) is 5.92 Å². The lowest BCUT2D eigenvalue weighted by molar-refractivity contribution is 0.432. The van der Waals surface area contributed by atoms with Crippen LogP contribution in [0.15, 0.2) is 44.7 Å². The van der Waals surface area contributed by atoms with Crippen LogP contribution in [-0.2, 0) is 19.5 Å². The van der Waals surface area contributed by atoms with Gasteiger partial charge in [0.1, 0.15) is 0 Å². The fraction of sp³-hybridized carbons (Fsp3) is 0.391. The Morgan fingerprint density at radius 2 is 1.62 bits per heavy atom. The maximum atomic E-state index is 13.5. The van der Waals surface area contributed by atoms with Crippen LogP contribution in [-0.4, -0.2) is 28.2 Å². The summed E-state index contributed by atoms with van der Waals surface area (Å²) in [5.41, 5.74) is -0.407. The van der Waals surface area contributed by atoms with E-state index in [1.807, 2.05) is 19.9 Å². The van der Waals surface area contributed by atoms with Crippen LogP contribution in [0.5, 0.6) is 5.88 Å². The van der Waals surface area contributed by atoms with Crippen LogP contribution in [0.1, 0.15) is 39.7 Å². The lowest BCUT2D eigenvalue weighted by Crippen LogP contribution is -2.39. The van der Waals surface area contributed by atoms with Crippen molar-refractivity contribution >= 4 is 16.9 Å². The number of aromatic hydroxyl groups is 1. The molecule has 4 aromatic rings. The Hall–Kier alpha value is -3.62. The Kier molecular flexibility index (Phi) is 5.50. The largest absolute Gasteiger partial charge is 0.494 e. The van der Waals surface area contributed by atoms with Crippen LogP contribution >= 0.6 is 0 Å². The molecule has 32 heavy (non-hydrogen) atoms. The predicted octanol–water partition coefficient (Wildman–Crippen LogP) is 2.30. The van der Waals surface area contributed by atoms with Crippen molar-refractivity contribution in [3.05, 3.63) is 67.1 Å². The van der Waals surface area contributed by atoms with E-state index in [2.05, 4.69) is 4.98 Å². The number of hydrogen-bond acceptors (Lipinski definition) is 5. The summed E-state index contributed by atoms with van der Waals surface area (Å²) in [4.78, 5) is 44.2. The van der Waals surface area contributed by atoms with E-state index < -0.39 is 16.8 Å². The van der Waals surface area contributed by atoms with Crippen molar-refractivity contribution in [2.75, 3.05) is 0 Å². The molecular weight excluding hydrogens is 410 g/mol. The molecule has 168 valence electrons. The Balaban J connectivity index is 2.27. The highest BCUT2D eigenvalue weighted by atomic mass is 16.3. The van der Waals surface area contributed by atoms with E-state index in [9.17, 15) is 19.5 Å². The number of para-hydroxylation sites is 1. The topological polar surface area (TPSA) is 104 Å². The molecule has 0 aliphatic carbocycles. The second-order valence-electron chi connectivity index (χ2n) is 8.21. The molecule has 4 rings (SSSR count). The molecule has 0 aliphatic heterocycles. The van der Waals surface area contributed by atoms with Crippen LogP contribution in [0.4, 0.5) is 0 Å². The molecule has 0 unspecified atom stereocenters. The molecule has 9 heteroatoms. The van der Waals surface area contributed by atoms with Gasteiger partial charge in [0.05, 0.1) is 11.3 Å². The van der Waals surface area contributed by atoms with Gasteiger partial charge >= 0.3 is 5.69 Å². The van der Waals surface area contributed by atoms with Crippen molar-refractivity contribution in [1.29, 1.82) is 0 Å². The highest BCUT2D eigenvalue weighted by Gasteiger charge is 2.25. The maximum absolute atomic E-state index is 13.5. The fourth-order valence-corrected chi connectivity index (χ4v) is 4.06. The average molecular weight is 438 g/mol. The van der Waals surface area contributed by atoms with E-state index in [4.69, 9.17) is 0 Å². The molecule has 0 atom stereocenters. The van der Waals surface area contributed by atoms with Crippen molar-refractivity contribution in [2.45, 2.75) is 53.6 Å². The maximum Gasteiger partial charge on any atom is 0.332 e. The van der Waals surface area contributed by atoms with Crippen LogP contribution in [0.3, 0.4) is 0 Å². The molecule has 9 nitrogen and oxygen atoms in total. The highest BCUT2D eigenvalue weighted by Crippen LogP contribution is 2.25. The summed E-state index contributed by atoms with van der Waals surface area (Å²) in [5, 5.41) is 11.2. The van der Waals surface area contributed by atoms with Crippen molar-refractivity contribution in [1.82, 2.24) is 23.1 Å². The molecule has 0 saturated carbocycles. The first-order valence-electron chi connectivity index (χ1n) is 10.9. The third-order valence-corrected chi connectivity index (χ3v) is 5.77. The van der Waals surface area contributed by atoms with Gasteiger partial charge in [0.15, 0.2) is 11.2 Å². The number of aromatic nitrogens is 5. The van der Waals surface area contributed by atoms with E-state index in [-0.39, 0.29) is 41.5 Å². The molecule has 3 heterocycles. The zero-order chi connectivity index (χ0) is 23.2. The van der Waals surface area contributed by atoms with Gasteiger partial charge < -0.3 is 5.11 Å². The lowest BCUT2D eigenvalue weighted by atomic mass is 10.0. The number of hydrogen-bond donors (Lipinski definition) is 1. The second-order valence-corrected chi connectivity index (χ2v) is 8.21. The minimum absolute atomic E-state index is 0.0799. The minimum atomic E-state index is -0.548. The molecule has 1 aromatic carbocycles. The van der Waals surface area contributed by atoms with E-state index in [1.165, 1.54) is 13.5 Å². The van der Waals surface area contributed by atoms with Crippen molar-refractivity contribution in [3.63, 3.8) is 0 Å². The third-order valence-electron chi connectivity index (χ3n) is 5.77. The fourth-order valence-electron chi connectivity index (χ4n) is 4.06. The average Bonchev–Trinajstić information content (AvgIpc) is 3.15.